The summed E-state index contributed by atoms with van der Waals surface area (Å²) in [6.07, 6.45) is 5.50. The number of hydrogen-bond donors (Lipinski definition) is 0. The lowest BCUT2D eigenvalue weighted by Crippen LogP contribution is -2.22. The van der Waals surface area contributed by atoms with Gasteiger partial charge in [0.25, 0.3) is 5.91 Å². The highest BCUT2D eigenvalue weighted by atomic mass is 35.5. The standard InChI is InChI=1S/C14H16ClNO/c1-16(2)14(17)12-8-7-11(15)9-13(12)10-5-3-4-6-10/h5,7-9H,3-4,6H2,1-2H3. The van der Waals surface area contributed by atoms with Crippen LogP contribution in [0.2, 0.25) is 5.02 Å². The topological polar surface area (TPSA) is 20.3 Å². The zero-order valence-electron chi connectivity index (χ0n) is 10.2. The van der Waals surface area contributed by atoms with Gasteiger partial charge in [0.15, 0.2) is 0 Å². The third kappa shape index (κ3) is 2.52. The quantitative estimate of drug-likeness (QED) is 0.784. The molecule has 0 saturated heterocycles. The summed E-state index contributed by atoms with van der Waals surface area (Å²) in [6, 6.07) is 5.49. The van der Waals surface area contributed by atoms with Crippen LogP contribution in [0.15, 0.2) is 24.3 Å². The van der Waals surface area contributed by atoms with Crippen LogP contribution in [-0.2, 0) is 0 Å². The second kappa shape index (κ2) is 4.92. The minimum Gasteiger partial charge on any atom is -0.345 e. The third-order valence-corrected chi connectivity index (χ3v) is 3.24. The summed E-state index contributed by atoms with van der Waals surface area (Å²) in [6.45, 7) is 0. The van der Waals surface area contributed by atoms with E-state index in [0.717, 1.165) is 30.4 Å². The van der Waals surface area contributed by atoms with Crippen molar-refractivity contribution in [3.63, 3.8) is 0 Å². The van der Waals surface area contributed by atoms with Gasteiger partial charge in [0.1, 0.15) is 0 Å². The zero-order valence-corrected chi connectivity index (χ0v) is 10.9. The van der Waals surface area contributed by atoms with E-state index < -0.39 is 0 Å². The zero-order chi connectivity index (χ0) is 12.4. The molecule has 0 bridgehead atoms. The molecule has 2 rings (SSSR count). The fraction of sp³-hybridized carbons (Fsp3) is 0.357. The van der Waals surface area contributed by atoms with Crippen LogP contribution in [0.3, 0.4) is 0 Å². The van der Waals surface area contributed by atoms with Gasteiger partial charge in [-0.3, -0.25) is 4.79 Å². The fourth-order valence-corrected chi connectivity index (χ4v) is 2.30. The number of carbonyl (C=O) groups is 1. The molecule has 0 atom stereocenters. The normalized spacial score (nSPS) is 14.6. The maximum Gasteiger partial charge on any atom is 0.253 e. The Morgan fingerprint density at radius 2 is 2.12 bits per heavy atom. The Labute approximate surface area is 107 Å². The highest BCUT2D eigenvalue weighted by Gasteiger charge is 2.17. The van der Waals surface area contributed by atoms with Gasteiger partial charge in [0.05, 0.1) is 0 Å². The lowest BCUT2D eigenvalue weighted by atomic mass is 9.98. The molecule has 1 amide bonds. The van der Waals surface area contributed by atoms with E-state index in [9.17, 15) is 4.79 Å². The van der Waals surface area contributed by atoms with Gasteiger partial charge < -0.3 is 4.90 Å². The molecule has 0 radical (unpaired) electrons. The Bertz CT molecular complexity index is 477. The molecule has 1 aliphatic carbocycles. The molecule has 0 heterocycles. The second-order valence-corrected chi connectivity index (χ2v) is 4.95. The second-order valence-electron chi connectivity index (χ2n) is 4.51. The molecular weight excluding hydrogens is 234 g/mol. The van der Waals surface area contributed by atoms with Gasteiger partial charge in [0, 0.05) is 24.7 Å². The van der Waals surface area contributed by atoms with Crippen LogP contribution in [0.4, 0.5) is 0 Å². The summed E-state index contributed by atoms with van der Waals surface area (Å²) >= 11 is 6.03. The molecule has 1 aliphatic rings. The highest BCUT2D eigenvalue weighted by Crippen LogP contribution is 2.32. The van der Waals surface area contributed by atoms with Crippen molar-refractivity contribution in [1.29, 1.82) is 0 Å². The van der Waals surface area contributed by atoms with Crippen molar-refractivity contribution in [2.75, 3.05) is 14.1 Å². The van der Waals surface area contributed by atoms with Crippen molar-refractivity contribution in [1.82, 2.24) is 4.90 Å². The van der Waals surface area contributed by atoms with E-state index in [1.807, 2.05) is 12.1 Å². The summed E-state index contributed by atoms with van der Waals surface area (Å²) in [5.74, 6) is 0.0319. The van der Waals surface area contributed by atoms with E-state index >= 15 is 0 Å². The van der Waals surface area contributed by atoms with E-state index in [1.54, 1.807) is 25.1 Å². The number of carbonyl (C=O) groups excluding carboxylic acids is 1. The first-order chi connectivity index (χ1) is 8.09. The van der Waals surface area contributed by atoms with Crippen LogP contribution in [-0.4, -0.2) is 24.9 Å². The molecule has 2 nitrogen and oxygen atoms in total. The lowest BCUT2D eigenvalue weighted by molar-refractivity contribution is 0.0827. The lowest BCUT2D eigenvalue weighted by Gasteiger charge is -2.15. The number of allylic oxidation sites excluding steroid dienone is 2. The Morgan fingerprint density at radius 3 is 2.71 bits per heavy atom. The number of halogens is 1. The molecule has 0 N–H and O–H groups in total. The maximum absolute atomic E-state index is 12.1. The largest absolute Gasteiger partial charge is 0.345 e. The predicted octanol–water partition coefficient (Wildman–Crippen LogP) is 3.61. The van der Waals surface area contributed by atoms with Crippen molar-refractivity contribution in [3.8, 4) is 0 Å². The van der Waals surface area contributed by atoms with Gasteiger partial charge >= 0.3 is 0 Å². The van der Waals surface area contributed by atoms with Gasteiger partial charge in [-0.25, -0.2) is 0 Å². The summed E-state index contributed by atoms with van der Waals surface area (Å²) in [7, 11) is 3.54. The molecule has 3 heteroatoms. The number of nitrogens with zero attached hydrogens (tertiary/aromatic N) is 1. The molecule has 0 aromatic heterocycles. The van der Waals surface area contributed by atoms with Crippen LogP contribution in [0, 0.1) is 0 Å². The van der Waals surface area contributed by atoms with Crippen molar-refractivity contribution >= 4 is 23.1 Å². The van der Waals surface area contributed by atoms with Gasteiger partial charge in [-0.15, -0.1) is 0 Å². The van der Waals surface area contributed by atoms with E-state index in [1.165, 1.54) is 5.57 Å². The number of rotatable bonds is 2. The molecule has 0 aliphatic heterocycles. The first-order valence-corrected chi connectivity index (χ1v) is 6.18. The average molecular weight is 250 g/mol. The minimum atomic E-state index is 0.0319. The van der Waals surface area contributed by atoms with Gasteiger partial charge in [0.2, 0.25) is 0 Å². The Morgan fingerprint density at radius 1 is 1.35 bits per heavy atom. The first kappa shape index (κ1) is 12.2. The van der Waals surface area contributed by atoms with Gasteiger partial charge in [-0.1, -0.05) is 17.7 Å². The fourth-order valence-electron chi connectivity index (χ4n) is 2.13. The number of amides is 1. The summed E-state index contributed by atoms with van der Waals surface area (Å²) in [4.78, 5) is 13.7. The Kier molecular flexibility index (Phi) is 3.53. The first-order valence-electron chi connectivity index (χ1n) is 5.80. The Balaban J connectivity index is 2.48. The summed E-state index contributed by atoms with van der Waals surface area (Å²) in [5, 5.41) is 0.683. The van der Waals surface area contributed by atoms with Crippen molar-refractivity contribution in [2.24, 2.45) is 0 Å². The molecule has 0 spiro atoms. The number of benzene rings is 1. The highest BCUT2D eigenvalue weighted by molar-refractivity contribution is 6.31. The van der Waals surface area contributed by atoms with E-state index in [-0.39, 0.29) is 5.91 Å². The van der Waals surface area contributed by atoms with Gasteiger partial charge in [-0.05, 0) is 48.6 Å². The van der Waals surface area contributed by atoms with Crippen LogP contribution < -0.4 is 0 Å². The third-order valence-electron chi connectivity index (χ3n) is 3.01. The van der Waals surface area contributed by atoms with E-state index in [0.29, 0.717) is 5.02 Å². The van der Waals surface area contributed by atoms with E-state index in [2.05, 4.69) is 6.08 Å². The van der Waals surface area contributed by atoms with Crippen LogP contribution in [0.1, 0.15) is 35.2 Å². The molecule has 0 saturated carbocycles. The predicted molar refractivity (Wildman–Crippen MR) is 71.3 cm³/mol. The Hall–Kier alpha value is -1.28. The smallest absolute Gasteiger partial charge is 0.253 e. The molecule has 0 unspecified atom stereocenters. The molecule has 1 aromatic carbocycles. The van der Waals surface area contributed by atoms with Gasteiger partial charge in [-0.2, -0.15) is 0 Å². The molecule has 0 fully saturated rings. The summed E-state index contributed by atoms with van der Waals surface area (Å²) < 4.78 is 0. The monoisotopic (exact) mass is 249 g/mol. The van der Waals surface area contributed by atoms with Crippen molar-refractivity contribution in [2.45, 2.75) is 19.3 Å². The maximum atomic E-state index is 12.1. The molecule has 17 heavy (non-hydrogen) atoms. The SMILES string of the molecule is CN(C)C(=O)c1ccc(Cl)cc1C1=CCCC1. The van der Waals surface area contributed by atoms with Crippen LogP contribution in [0.5, 0.6) is 0 Å². The molecule has 1 aromatic rings. The van der Waals surface area contributed by atoms with E-state index in [4.69, 9.17) is 11.6 Å². The number of hydrogen-bond acceptors (Lipinski definition) is 1. The van der Waals surface area contributed by atoms with Crippen LogP contribution >= 0.6 is 11.6 Å². The van der Waals surface area contributed by atoms with Crippen LogP contribution in [0.25, 0.3) is 5.57 Å². The summed E-state index contributed by atoms with van der Waals surface area (Å²) in [5.41, 5.74) is 2.99. The van der Waals surface area contributed by atoms with Crippen molar-refractivity contribution in [3.05, 3.63) is 40.4 Å². The minimum absolute atomic E-state index is 0.0319. The average Bonchev–Trinajstić information content (AvgIpc) is 2.81. The molecular formula is C14H16ClNO. The van der Waals surface area contributed by atoms with Crippen molar-refractivity contribution < 1.29 is 4.79 Å². The molecule has 90 valence electrons.